The van der Waals surface area contributed by atoms with Gasteiger partial charge in [-0.15, -0.1) is 0 Å². The molecule has 0 spiro atoms. The topological polar surface area (TPSA) is 92.2 Å². The molecule has 3 amide bonds. The molecule has 1 aromatic carbocycles. The molecule has 0 saturated carbocycles. The summed E-state index contributed by atoms with van der Waals surface area (Å²) >= 11 is 0. The lowest BCUT2D eigenvalue weighted by molar-refractivity contribution is -0.862. The number of hydrogen-bond donors (Lipinski definition) is 3. The Kier molecular flexibility index (Phi) is 7.70. The van der Waals surface area contributed by atoms with Crippen LogP contribution in [0.4, 0.5) is 5.69 Å². The van der Waals surface area contributed by atoms with Gasteiger partial charge in [0, 0.05) is 19.8 Å². The smallest absolute Gasteiger partial charge is 0.279 e. The average molecular weight is 337 g/mol. The molecule has 8 heteroatoms. The fraction of sp³-hybridized carbons (Fsp3) is 0.438. The average Bonchev–Trinajstić information content (AvgIpc) is 2.52. The van der Waals surface area contributed by atoms with Crippen molar-refractivity contribution >= 4 is 23.4 Å². The van der Waals surface area contributed by atoms with Crippen LogP contribution in [0.2, 0.25) is 0 Å². The molecule has 0 aromatic heterocycles. The second-order valence-electron chi connectivity index (χ2n) is 5.65. The lowest BCUT2D eigenvalue weighted by Crippen LogP contribution is -3.11. The predicted molar refractivity (Wildman–Crippen MR) is 89.9 cm³/mol. The van der Waals surface area contributed by atoms with Crippen molar-refractivity contribution in [2.75, 3.05) is 53.2 Å². The summed E-state index contributed by atoms with van der Waals surface area (Å²) in [6.07, 6.45) is 0. The molecule has 3 N–H and O–H groups in total. The minimum Gasteiger partial charge on any atom is -0.497 e. The summed E-state index contributed by atoms with van der Waals surface area (Å²) < 4.78 is 5.05. The lowest BCUT2D eigenvalue weighted by atomic mass is 10.3. The van der Waals surface area contributed by atoms with Crippen LogP contribution >= 0.6 is 0 Å². The molecule has 0 heterocycles. The zero-order chi connectivity index (χ0) is 18.1. The largest absolute Gasteiger partial charge is 0.497 e. The zero-order valence-electron chi connectivity index (χ0n) is 14.5. The number of hydrogen-bond acceptors (Lipinski definition) is 4. The van der Waals surface area contributed by atoms with E-state index in [9.17, 15) is 14.4 Å². The molecule has 8 nitrogen and oxygen atoms in total. The van der Waals surface area contributed by atoms with Gasteiger partial charge in [-0.1, -0.05) is 0 Å². The van der Waals surface area contributed by atoms with E-state index in [0.717, 1.165) is 4.90 Å². The monoisotopic (exact) mass is 337 g/mol. The minimum atomic E-state index is -0.278. The minimum absolute atomic E-state index is 0.0445. The highest BCUT2D eigenvalue weighted by Crippen LogP contribution is 2.14. The number of methoxy groups -OCH3 is 1. The molecular formula is C16H25N4O4+. The van der Waals surface area contributed by atoms with Gasteiger partial charge in [0.15, 0.2) is 13.1 Å². The molecule has 0 aliphatic heterocycles. The molecule has 1 unspecified atom stereocenters. The van der Waals surface area contributed by atoms with Crippen LogP contribution in [0.5, 0.6) is 5.75 Å². The van der Waals surface area contributed by atoms with E-state index in [1.807, 2.05) is 0 Å². The van der Waals surface area contributed by atoms with E-state index in [0.29, 0.717) is 11.4 Å². The summed E-state index contributed by atoms with van der Waals surface area (Å²) in [5, 5.41) is 5.29. The number of ether oxygens (including phenoxy) is 1. The van der Waals surface area contributed by atoms with Crippen LogP contribution < -0.4 is 20.3 Å². The third kappa shape index (κ3) is 7.10. The molecule has 0 fully saturated rings. The number of carbonyl (C=O) groups is 3. The normalized spacial score (nSPS) is 11.3. The Morgan fingerprint density at radius 1 is 1.08 bits per heavy atom. The molecule has 24 heavy (non-hydrogen) atoms. The predicted octanol–water partition coefficient (Wildman–Crippen LogP) is -1.65. The Labute approximate surface area is 141 Å². The first-order valence-corrected chi connectivity index (χ1v) is 7.54. The van der Waals surface area contributed by atoms with E-state index in [1.54, 1.807) is 52.5 Å². The van der Waals surface area contributed by atoms with Crippen LogP contribution in [-0.4, -0.2) is 70.5 Å². The fourth-order valence-corrected chi connectivity index (χ4v) is 1.89. The summed E-state index contributed by atoms with van der Waals surface area (Å²) in [6.45, 7) is 0.203. The first-order valence-electron chi connectivity index (χ1n) is 7.54. The number of anilines is 1. The van der Waals surface area contributed by atoms with Gasteiger partial charge in [-0.2, -0.15) is 0 Å². The summed E-state index contributed by atoms with van der Waals surface area (Å²) in [5.41, 5.74) is 0.662. The first-order chi connectivity index (χ1) is 11.3. The molecule has 0 saturated heterocycles. The number of rotatable bonds is 8. The van der Waals surface area contributed by atoms with Gasteiger partial charge >= 0.3 is 0 Å². The quantitative estimate of drug-likeness (QED) is 0.530. The summed E-state index contributed by atoms with van der Waals surface area (Å²) in [7, 11) is 6.55. The first kappa shape index (κ1) is 19.4. The second-order valence-corrected chi connectivity index (χ2v) is 5.65. The van der Waals surface area contributed by atoms with Crippen LogP contribution in [0.25, 0.3) is 0 Å². The van der Waals surface area contributed by atoms with Gasteiger partial charge in [0.1, 0.15) is 5.75 Å². The van der Waals surface area contributed by atoms with Crippen molar-refractivity contribution in [1.82, 2.24) is 10.2 Å². The van der Waals surface area contributed by atoms with Crippen molar-refractivity contribution < 1.29 is 24.0 Å². The Bertz CT molecular complexity index is 572. The van der Waals surface area contributed by atoms with Crippen molar-refractivity contribution in [3.63, 3.8) is 0 Å². The molecule has 0 bridgehead atoms. The van der Waals surface area contributed by atoms with Crippen molar-refractivity contribution in [1.29, 1.82) is 0 Å². The maximum Gasteiger partial charge on any atom is 0.279 e. The Balaban J connectivity index is 2.35. The number of benzene rings is 1. The molecule has 0 aliphatic carbocycles. The summed E-state index contributed by atoms with van der Waals surface area (Å²) in [5.74, 6) is 0.0488. The lowest BCUT2D eigenvalue weighted by Gasteiger charge is -2.15. The van der Waals surface area contributed by atoms with Gasteiger partial charge in [0.25, 0.3) is 11.8 Å². The maximum absolute atomic E-state index is 12.0. The number of carbonyl (C=O) groups excluding carboxylic acids is 3. The van der Waals surface area contributed by atoms with E-state index in [-0.39, 0.29) is 37.4 Å². The molecule has 1 atom stereocenters. The highest BCUT2D eigenvalue weighted by molar-refractivity contribution is 5.91. The number of nitrogens with zero attached hydrogens (tertiary/aromatic N) is 1. The third-order valence-corrected chi connectivity index (χ3v) is 3.23. The van der Waals surface area contributed by atoms with Crippen LogP contribution in [0.3, 0.4) is 0 Å². The van der Waals surface area contributed by atoms with E-state index >= 15 is 0 Å². The van der Waals surface area contributed by atoms with Crippen molar-refractivity contribution in [2.24, 2.45) is 0 Å². The van der Waals surface area contributed by atoms with Crippen molar-refractivity contribution in [2.45, 2.75) is 0 Å². The molecule has 0 aliphatic rings. The number of likely N-dealkylation sites (N-methyl/N-ethyl adjacent to an activating group) is 2. The second kappa shape index (κ2) is 9.51. The van der Waals surface area contributed by atoms with Gasteiger partial charge in [0.05, 0.1) is 20.7 Å². The molecule has 132 valence electrons. The molecular weight excluding hydrogens is 312 g/mol. The number of amides is 3. The number of nitrogens with one attached hydrogen (secondary N) is 3. The Morgan fingerprint density at radius 3 is 2.21 bits per heavy atom. The summed E-state index contributed by atoms with van der Waals surface area (Å²) in [6, 6.07) is 6.99. The van der Waals surface area contributed by atoms with E-state index in [1.165, 1.54) is 4.90 Å². The zero-order valence-corrected chi connectivity index (χ0v) is 14.5. The van der Waals surface area contributed by atoms with E-state index < -0.39 is 0 Å². The molecule has 0 radical (unpaired) electrons. The molecule has 1 aromatic rings. The van der Waals surface area contributed by atoms with Crippen molar-refractivity contribution in [3.05, 3.63) is 24.3 Å². The Hall–Kier alpha value is -2.61. The van der Waals surface area contributed by atoms with Gasteiger partial charge in [-0.05, 0) is 24.3 Å². The van der Waals surface area contributed by atoms with Gasteiger partial charge in [-0.3, -0.25) is 14.4 Å². The van der Waals surface area contributed by atoms with Gasteiger partial charge < -0.3 is 25.2 Å². The van der Waals surface area contributed by atoms with E-state index in [2.05, 4.69) is 10.6 Å². The highest BCUT2D eigenvalue weighted by atomic mass is 16.5. The number of quaternary nitrogens is 1. The standard InChI is InChI=1S/C16H24N4O4/c1-19(2)16(23)9-17-14(21)10-20(3)11-15(22)18-12-5-7-13(24-4)8-6-12/h5-8H,9-11H2,1-4H3,(H,17,21)(H,18,22)/p+1. The van der Waals surface area contributed by atoms with Crippen molar-refractivity contribution in [3.8, 4) is 5.75 Å². The summed E-state index contributed by atoms with van der Waals surface area (Å²) in [4.78, 5) is 37.2. The maximum atomic E-state index is 12.0. The molecule has 1 rings (SSSR count). The SMILES string of the molecule is COc1ccc(NC(=O)C[NH+](C)CC(=O)NCC(=O)N(C)C)cc1. The van der Waals surface area contributed by atoms with Crippen LogP contribution in [-0.2, 0) is 14.4 Å². The third-order valence-electron chi connectivity index (χ3n) is 3.23. The van der Waals surface area contributed by atoms with Crippen LogP contribution in [0.15, 0.2) is 24.3 Å². The van der Waals surface area contributed by atoms with Crippen LogP contribution in [0.1, 0.15) is 0 Å². The highest BCUT2D eigenvalue weighted by Gasteiger charge is 2.15. The Morgan fingerprint density at radius 2 is 1.67 bits per heavy atom. The van der Waals surface area contributed by atoms with Crippen LogP contribution in [0, 0.1) is 0 Å². The van der Waals surface area contributed by atoms with Gasteiger partial charge in [-0.25, -0.2) is 0 Å². The fourth-order valence-electron chi connectivity index (χ4n) is 1.89. The van der Waals surface area contributed by atoms with Gasteiger partial charge in [0.2, 0.25) is 5.91 Å². The van der Waals surface area contributed by atoms with E-state index in [4.69, 9.17) is 4.74 Å².